The number of hydrogen-bond acceptors (Lipinski definition) is 2. The maximum atomic E-state index is 11.7. The fourth-order valence-electron chi connectivity index (χ4n) is 2.12. The molecule has 1 aromatic carbocycles. The Balaban J connectivity index is 2.00. The van der Waals surface area contributed by atoms with Gasteiger partial charge in [0.05, 0.1) is 5.52 Å². The second-order valence-electron chi connectivity index (χ2n) is 5.65. The highest BCUT2D eigenvalue weighted by Gasteiger charge is 2.05. The lowest BCUT2D eigenvalue weighted by molar-refractivity contribution is -0.121. The van der Waals surface area contributed by atoms with Crippen molar-refractivity contribution < 1.29 is 4.79 Å². The van der Waals surface area contributed by atoms with Crippen LogP contribution < -0.4 is 5.32 Å². The largest absolute Gasteiger partial charge is 0.356 e. The fraction of sp³-hybridized carbons (Fsp3) is 0.412. The third kappa shape index (κ3) is 3.80. The summed E-state index contributed by atoms with van der Waals surface area (Å²) in [6, 6.07) is 10.3. The summed E-state index contributed by atoms with van der Waals surface area (Å²) in [4.78, 5) is 16.4. The van der Waals surface area contributed by atoms with E-state index in [9.17, 15) is 4.79 Å². The van der Waals surface area contributed by atoms with Crippen LogP contribution in [0.15, 0.2) is 30.3 Å². The molecule has 1 aromatic heterocycles. The van der Waals surface area contributed by atoms with Crippen LogP contribution in [-0.4, -0.2) is 17.4 Å². The summed E-state index contributed by atoms with van der Waals surface area (Å²) in [5.74, 6) is 0.589. The van der Waals surface area contributed by atoms with E-state index in [0.29, 0.717) is 18.8 Å². The highest BCUT2D eigenvalue weighted by molar-refractivity contribution is 5.82. The molecule has 3 nitrogen and oxygen atoms in total. The first-order valence-electron chi connectivity index (χ1n) is 7.18. The first kappa shape index (κ1) is 14.5. The maximum Gasteiger partial charge on any atom is 0.220 e. The van der Waals surface area contributed by atoms with Crippen LogP contribution in [0.2, 0.25) is 0 Å². The number of rotatable bonds is 5. The van der Waals surface area contributed by atoms with E-state index in [1.807, 2.05) is 12.1 Å². The Kier molecular flexibility index (Phi) is 4.72. The lowest BCUT2D eigenvalue weighted by Gasteiger charge is -2.08. The highest BCUT2D eigenvalue weighted by Crippen LogP contribution is 2.16. The maximum absolute atomic E-state index is 11.7. The number of nitrogens with one attached hydrogen (secondary N) is 1. The van der Waals surface area contributed by atoms with E-state index >= 15 is 0 Å². The number of benzene rings is 1. The Morgan fingerprint density at radius 3 is 2.80 bits per heavy atom. The highest BCUT2D eigenvalue weighted by atomic mass is 16.1. The van der Waals surface area contributed by atoms with Crippen LogP contribution in [0.4, 0.5) is 0 Å². The van der Waals surface area contributed by atoms with Crippen molar-refractivity contribution in [3.63, 3.8) is 0 Å². The van der Waals surface area contributed by atoms with Crippen LogP contribution in [0.3, 0.4) is 0 Å². The van der Waals surface area contributed by atoms with Gasteiger partial charge in [-0.1, -0.05) is 38.1 Å². The second kappa shape index (κ2) is 6.51. The molecular weight excluding hydrogens is 248 g/mol. The van der Waals surface area contributed by atoms with Gasteiger partial charge in [-0.15, -0.1) is 0 Å². The van der Waals surface area contributed by atoms with Crippen molar-refractivity contribution in [2.75, 3.05) is 6.54 Å². The van der Waals surface area contributed by atoms with Crippen LogP contribution in [0.5, 0.6) is 0 Å². The lowest BCUT2D eigenvalue weighted by Crippen LogP contribution is -2.27. The molecule has 0 fully saturated rings. The molecule has 2 rings (SSSR count). The van der Waals surface area contributed by atoms with Gasteiger partial charge >= 0.3 is 0 Å². The summed E-state index contributed by atoms with van der Waals surface area (Å²) in [6.07, 6.45) is 1.19. The molecule has 0 aliphatic rings. The van der Waals surface area contributed by atoms with E-state index < -0.39 is 0 Å². The molecule has 0 aliphatic carbocycles. The zero-order valence-electron chi connectivity index (χ0n) is 12.4. The van der Waals surface area contributed by atoms with E-state index in [-0.39, 0.29) is 5.91 Å². The topological polar surface area (TPSA) is 42.0 Å². The number of carbonyl (C=O) groups is 1. The summed E-state index contributed by atoms with van der Waals surface area (Å²) in [7, 11) is 0. The van der Waals surface area contributed by atoms with Crippen molar-refractivity contribution in [2.45, 2.75) is 33.6 Å². The molecule has 0 saturated heterocycles. The van der Waals surface area contributed by atoms with Gasteiger partial charge in [0.15, 0.2) is 0 Å². The van der Waals surface area contributed by atoms with Crippen molar-refractivity contribution in [3.8, 4) is 0 Å². The van der Waals surface area contributed by atoms with Gasteiger partial charge in [0.1, 0.15) is 0 Å². The number of pyridine rings is 1. The quantitative estimate of drug-likeness (QED) is 0.906. The Morgan fingerprint density at radius 2 is 2.05 bits per heavy atom. The third-order valence-electron chi connectivity index (χ3n) is 3.30. The van der Waals surface area contributed by atoms with E-state index in [1.165, 1.54) is 5.56 Å². The minimum absolute atomic E-state index is 0.102. The summed E-state index contributed by atoms with van der Waals surface area (Å²) < 4.78 is 0. The van der Waals surface area contributed by atoms with Gasteiger partial charge in [0, 0.05) is 24.0 Å². The number of aryl methyl sites for hydroxylation is 2. The van der Waals surface area contributed by atoms with Gasteiger partial charge in [-0.2, -0.15) is 0 Å². The van der Waals surface area contributed by atoms with E-state index in [1.54, 1.807) is 0 Å². The zero-order chi connectivity index (χ0) is 14.5. The molecule has 1 amide bonds. The Hall–Kier alpha value is -1.90. The number of amides is 1. The molecule has 3 heteroatoms. The first-order chi connectivity index (χ1) is 9.56. The molecule has 0 saturated carbocycles. The van der Waals surface area contributed by atoms with Crippen molar-refractivity contribution in [1.82, 2.24) is 10.3 Å². The van der Waals surface area contributed by atoms with E-state index in [4.69, 9.17) is 0 Å². The first-order valence-corrected chi connectivity index (χ1v) is 7.18. The molecule has 0 radical (unpaired) electrons. The molecule has 2 aromatic rings. The SMILES string of the molecule is Cc1cccc2ccc(CCC(=O)NCC(C)C)nc12. The van der Waals surface area contributed by atoms with Crippen LogP contribution >= 0.6 is 0 Å². The molecule has 1 N–H and O–H groups in total. The number of hydrogen-bond donors (Lipinski definition) is 1. The van der Waals surface area contributed by atoms with Crippen LogP contribution in [0.1, 0.15) is 31.5 Å². The minimum atomic E-state index is 0.102. The van der Waals surface area contributed by atoms with Gasteiger partial charge in [-0.05, 0) is 30.9 Å². The second-order valence-corrected chi connectivity index (χ2v) is 5.65. The number of para-hydroxylation sites is 1. The Morgan fingerprint density at radius 1 is 1.25 bits per heavy atom. The molecule has 0 atom stereocenters. The molecular formula is C17H22N2O. The van der Waals surface area contributed by atoms with Crippen LogP contribution in [0.25, 0.3) is 10.9 Å². The molecule has 106 valence electrons. The normalized spacial score (nSPS) is 11.0. The smallest absolute Gasteiger partial charge is 0.220 e. The number of carbonyl (C=O) groups excluding carboxylic acids is 1. The average Bonchev–Trinajstić information content (AvgIpc) is 2.43. The van der Waals surface area contributed by atoms with Crippen LogP contribution in [0, 0.1) is 12.8 Å². The van der Waals surface area contributed by atoms with Gasteiger partial charge in [0.25, 0.3) is 0 Å². The van der Waals surface area contributed by atoms with Crippen molar-refractivity contribution in [1.29, 1.82) is 0 Å². The van der Waals surface area contributed by atoms with Crippen LogP contribution in [-0.2, 0) is 11.2 Å². The van der Waals surface area contributed by atoms with Gasteiger partial charge in [-0.3, -0.25) is 9.78 Å². The fourth-order valence-corrected chi connectivity index (χ4v) is 2.12. The Labute approximate surface area is 120 Å². The number of fused-ring (bicyclic) bond motifs is 1. The summed E-state index contributed by atoms with van der Waals surface area (Å²) in [6.45, 7) is 6.99. The van der Waals surface area contributed by atoms with Gasteiger partial charge < -0.3 is 5.32 Å². The molecule has 20 heavy (non-hydrogen) atoms. The molecule has 0 aliphatic heterocycles. The summed E-state index contributed by atoms with van der Waals surface area (Å²) in [5, 5.41) is 4.09. The molecule has 1 heterocycles. The van der Waals surface area contributed by atoms with Crippen molar-refractivity contribution in [2.24, 2.45) is 5.92 Å². The molecule has 0 bridgehead atoms. The summed E-state index contributed by atoms with van der Waals surface area (Å²) >= 11 is 0. The predicted molar refractivity (Wildman–Crippen MR) is 82.6 cm³/mol. The van der Waals surface area contributed by atoms with Gasteiger partial charge in [0.2, 0.25) is 5.91 Å². The summed E-state index contributed by atoms with van der Waals surface area (Å²) in [5.41, 5.74) is 3.19. The van der Waals surface area contributed by atoms with Gasteiger partial charge in [-0.25, -0.2) is 0 Å². The predicted octanol–water partition coefficient (Wildman–Crippen LogP) is 3.25. The lowest BCUT2D eigenvalue weighted by atomic mass is 10.1. The number of nitrogens with zero attached hydrogens (tertiary/aromatic N) is 1. The monoisotopic (exact) mass is 270 g/mol. The average molecular weight is 270 g/mol. The van der Waals surface area contributed by atoms with Crippen molar-refractivity contribution in [3.05, 3.63) is 41.6 Å². The van der Waals surface area contributed by atoms with E-state index in [2.05, 4.69) is 49.3 Å². The van der Waals surface area contributed by atoms with E-state index in [0.717, 1.165) is 23.1 Å². The van der Waals surface area contributed by atoms with Crippen molar-refractivity contribution >= 4 is 16.8 Å². The zero-order valence-corrected chi connectivity index (χ0v) is 12.4. The minimum Gasteiger partial charge on any atom is -0.356 e. The molecule has 0 spiro atoms. The molecule has 0 unspecified atom stereocenters. The standard InChI is InChI=1S/C17H22N2O/c1-12(2)11-18-16(20)10-9-15-8-7-14-6-4-5-13(3)17(14)19-15/h4-8,12H,9-11H2,1-3H3,(H,18,20). The number of aromatic nitrogens is 1. The third-order valence-corrected chi connectivity index (χ3v) is 3.30. The Bertz CT molecular complexity index is 605.